The van der Waals surface area contributed by atoms with Crippen LogP contribution in [0.15, 0.2) is 42.6 Å². The van der Waals surface area contributed by atoms with Gasteiger partial charge in [0, 0.05) is 25.6 Å². The average molecular weight is 392 g/mol. The molecule has 3 amide bonds. The van der Waals surface area contributed by atoms with Crippen LogP contribution in [-0.4, -0.2) is 59.2 Å². The Labute approximate surface area is 170 Å². The maximum absolute atomic E-state index is 14.0. The van der Waals surface area contributed by atoms with Gasteiger partial charge in [-0.3, -0.25) is 9.69 Å². The minimum Gasteiger partial charge on any atom is -0.320 e. The zero-order valence-corrected chi connectivity index (χ0v) is 16.7. The van der Waals surface area contributed by atoms with E-state index in [4.69, 9.17) is 0 Å². The number of quaternary nitrogens is 1. The number of aromatic nitrogens is 1. The maximum atomic E-state index is 14.0. The summed E-state index contributed by atoms with van der Waals surface area (Å²) in [6.45, 7) is 2.96. The summed E-state index contributed by atoms with van der Waals surface area (Å²) in [5.41, 5.74) is 1.70. The monoisotopic (exact) mass is 392 g/mol. The zero-order valence-electron chi connectivity index (χ0n) is 16.7. The molecule has 1 aromatic carbocycles. The summed E-state index contributed by atoms with van der Waals surface area (Å²) < 4.78 is 0.924. The lowest BCUT2D eigenvalue weighted by atomic mass is 10.0. The second-order valence-corrected chi connectivity index (χ2v) is 8.41. The SMILES string of the molecule is C[N@+]12CCCC[C@H]1N(C(=O)N1c3ccccc3NC(=O)c3cccnc31)CCC2. The number of carbonyl (C=O) groups excluding carboxylic acids is 2. The van der Waals surface area contributed by atoms with Crippen LogP contribution in [-0.2, 0) is 0 Å². The third-order valence-corrected chi connectivity index (χ3v) is 6.60. The molecule has 7 nitrogen and oxygen atoms in total. The minimum absolute atomic E-state index is 0.0927. The number of anilines is 3. The lowest BCUT2D eigenvalue weighted by Crippen LogP contribution is -2.68. The average Bonchev–Trinajstić information content (AvgIpc) is 2.86. The quantitative estimate of drug-likeness (QED) is 0.697. The van der Waals surface area contributed by atoms with Crippen molar-refractivity contribution in [2.24, 2.45) is 0 Å². The topological polar surface area (TPSA) is 65.5 Å². The Kier molecular flexibility index (Phi) is 4.28. The molecule has 2 saturated heterocycles. The van der Waals surface area contributed by atoms with Crippen molar-refractivity contribution in [1.82, 2.24) is 9.88 Å². The van der Waals surface area contributed by atoms with Crippen LogP contribution in [0.2, 0.25) is 0 Å². The van der Waals surface area contributed by atoms with E-state index in [-0.39, 0.29) is 18.1 Å². The Balaban J connectivity index is 1.62. The number of hydrogen-bond donors (Lipinski definition) is 1. The predicted molar refractivity (Wildman–Crippen MR) is 111 cm³/mol. The summed E-state index contributed by atoms with van der Waals surface area (Å²) in [5.74, 6) is 0.156. The van der Waals surface area contributed by atoms with Gasteiger partial charge in [0.1, 0.15) is 0 Å². The number of rotatable bonds is 0. The van der Waals surface area contributed by atoms with Crippen LogP contribution in [0.4, 0.5) is 22.0 Å². The molecule has 2 atom stereocenters. The number of carbonyl (C=O) groups is 2. The number of hydrogen-bond acceptors (Lipinski definition) is 3. The standard InChI is InChI=1S/C22H25N5O2/c1-27-14-5-4-11-19(27)25(13-7-15-27)22(29)26-18-10-3-2-9-17(18)24-21(28)16-8-6-12-23-20(16)26/h2-3,6,8-10,12,19H,4-5,7,11,13-15H2,1H3/p+1/t19-,27+/m0/s1. The van der Waals surface area contributed by atoms with Crippen LogP contribution in [0.5, 0.6) is 0 Å². The maximum Gasteiger partial charge on any atom is 0.334 e. The van der Waals surface area contributed by atoms with Gasteiger partial charge in [0.2, 0.25) is 0 Å². The van der Waals surface area contributed by atoms with Crippen LogP contribution >= 0.6 is 0 Å². The third-order valence-electron chi connectivity index (χ3n) is 6.60. The van der Waals surface area contributed by atoms with Crippen molar-refractivity contribution in [2.75, 3.05) is 36.9 Å². The highest BCUT2D eigenvalue weighted by atomic mass is 16.2. The van der Waals surface area contributed by atoms with E-state index in [1.807, 2.05) is 29.2 Å². The van der Waals surface area contributed by atoms with Crippen molar-refractivity contribution in [3.05, 3.63) is 48.2 Å². The van der Waals surface area contributed by atoms with Crippen LogP contribution in [0, 0.1) is 0 Å². The van der Waals surface area contributed by atoms with E-state index in [0.29, 0.717) is 22.8 Å². The number of benzene rings is 1. The van der Waals surface area contributed by atoms with Gasteiger partial charge in [0.25, 0.3) is 5.91 Å². The zero-order chi connectivity index (χ0) is 20.0. The van der Waals surface area contributed by atoms with Crippen molar-refractivity contribution in [1.29, 1.82) is 0 Å². The lowest BCUT2D eigenvalue weighted by Gasteiger charge is -2.52. The Bertz CT molecular complexity index is 973. The van der Waals surface area contributed by atoms with Crippen molar-refractivity contribution in [3.63, 3.8) is 0 Å². The molecular weight excluding hydrogens is 366 g/mol. The van der Waals surface area contributed by atoms with E-state index < -0.39 is 0 Å². The Hall–Kier alpha value is -2.93. The fourth-order valence-electron chi connectivity index (χ4n) is 5.14. The smallest absolute Gasteiger partial charge is 0.320 e. The summed E-state index contributed by atoms with van der Waals surface area (Å²) in [6.07, 6.45) is 6.18. The van der Waals surface area contributed by atoms with E-state index in [1.165, 1.54) is 6.42 Å². The molecule has 4 heterocycles. The molecule has 0 radical (unpaired) electrons. The van der Waals surface area contributed by atoms with Gasteiger partial charge in [-0.15, -0.1) is 0 Å². The number of para-hydroxylation sites is 2. The molecule has 0 unspecified atom stereocenters. The van der Waals surface area contributed by atoms with E-state index in [1.54, 1.807) is 23.2 Å². The Morgan fingerprint density at radius 1 is 1.14 bits per heavy atom. The van der Waals surface area contributed by atoms with Crippen molar-refractivity contribution in [3.8, 4) is 0 Å². The van der Waals surface area contributed by atoms with Crippen LogP contribution in [0.1, 0.15) is 36.0 Å². The summed E-state index contributed by atoms with van der Waals surface area (Å²) in [5, 5.41) is 2.93. The first-order valence-electron chi connectivity index (χ1n) is 10.4. The normalized spacial score (nSPS) is 26.0. The highest BCUT2D eigenvalue weighted by molar-refractivity contribution is 6.16. The van der Waals surface area contributed by atoms with Crippen molar-refractivity contribution in [2.45, 2.75) is 31.8 Å². The van der Waals surface area contributed by atoms with Crippen molar-refractivity contribution >= 4 is 29.1 Å². The number of pyridine rings is 1. The number of amides is 3. The van der Waals surface area contributed by atoms with Gasteiger partial charge in [0.05, 0.1) is 37.1 Å². The highest BCUT2D eigenvalue weighted by Crippen LogP contribution is 2.39. The molecule has 0 bridgehead atoms. The summed E-state index contributed by atoms with van der Waals surface area (Å²) >= 11 is 0. The first-order valence-corrected chi connectivity index (χ1v) is 10.4. The van der Waals surface area contributed by atoms with Gasteiger partial charge >= 0.3 is 6.03 Å². The molecule has 3 aliphatic rings. The first-order chi connectivity index (χ1) is 14.1. The molecule has 150 valence electrons. The molecule has 3 aliphatic heterocycles. The van der Waals surface area contributed by atoms with E-state index in [0.717, 1.165) is 43.4 Å². The predicted octanol–water partition coefficient (Wildman–Crippen LogP) is 3.57. The lowest BCUT2D eigenvalue weighted by molar-refractivity contribution is -0.953. The van der Waals surface area contributed by atoms with Gasteiger partial charge in [0.15, 0.2) is 12.0 Å². The molecule has 0 saturated carbocycles. The number of urea groups is 1. The van der Waals surface area contributed by atoms with E-state index in [2.05, 4.69) is 17.3 Å². The second-order valence-electron chi connectivity index (χ2n) is 8.41. The second kappa shape index (κ2) is 6.84. The summed E-state index contributed by atoms with van der Waals surface area (Å²) in [6, 6.07) is 10.8. The molecule has 0 spiro atoms. The van der Waals surface area contributed by atoms with Crippen LogP contribution in [0.25, 0.3) is 0 Å². The Morgan fingerprint density at radius 2 is 1.97 bits per heavy atom. The molecule has 2 fully saturated rings. The van der Waals surface area contributed by atoms with Crippen molar-refractivity contribution < 1.29 is 14.1 Å². The Morgan fingerprint density at radius 3 is 2.86 bits per heavy atom. The highest BCUT2D eigenvalue weighted by Gasteiger charge is 2.46. The van der Waals surface area contributed by atoms with Gasteiger partial charge < -0.3 is 9.80 Å². The third kappa shape index (κ3) is 2.88. The molecule has 7 heteroatoms. The number of fused-ring (bicyclic) bond motifs is 3. The van der Waals surface area contributed by atoms with Gasteiger partial charge in [-0.25, -0.2) is 14.7 Å². The van der Waals surface area contributed by atoms with Gasteiger partial charge in [-0.2, -0.15) is 0 Å². The first kappa shape index (κ1) is 18.1. The number of piperidine rings is 1. The molecule has 5 rings (SSSR count). The van der Waals surface area contributed by atoms with E-state index >= 15 is 0 Å². The largest absolute Gasteiger partial charge is 0.334 e. The fourth-order valence-corrected chi connectivity index (χ4v) is 5.14. The molecule has 0 aliphatic carbocycles. The molecule has 29 heavy (non-hydrogen) atoms. The molecular formula is C22H26N5O2+. The molecule has 1 N–H and O–H groups in total. The van der Waals surface area contributed by atoms with Gasteiger partial charge in [-0.05, 0) is 37.1 Å². The van der Waals surface area contributed by atoms with Crippen LogP contribution in [0.3, 0.4) is 0 Å². The number of nitrogens with one attached hydrogen (secondary N) is 1. The molecule has 2 aromatic rings. The summed E-state index contributed by atoms with van der Waals surface area (Å²) in [7, 11) is 2.27. The fraction of sp³-hybridized carbons (Fsp3) is 0.409. The molecule has 1 aromatic heterocycles. The van der Waals surface area contributed by atoms with Gasteiger partial charge in [-0.1, -0.05) is 12.1 Å². The van der Waals surface area contributed by atoms with E-state index in [9.17, 15) is 9.59 Å². The van der Waals surface area contributed by atoms with Crippen LogP contribution < -0.4 is 10.2 Å². The summed E-state index contributed by atoms with van der Waals surface area (Å²) in [4.78, 5) is 34.9. The minimum atomic E-state index is -0.243. The number of nitrogens with zero attached hydrogens (tertiary/aromatic N) is 4.